The van der Waals surface area contributed by atoms with Gasteiger partial charge >= 0.3 is 6.09 Å². The minimum absolute atomic E-state index is 0.0475. The fraction of sp³-hybridized carbons (Fsp3) is 0.364. The molecule has 0 radical (unpaired) electrons. The molecule has 3 rings (SSSR count). The second-order valence-electron chi connectivity index (χ2n) is 7.42. The first kappa shape index (κ1) is 23.7. The average Bonchev–Trinajstić information content (AvgIpc) is 3.26. The fourth-order valence-corrected chi connectivity index (χ4v) is 4.74. The van der Waals surface area contributed by atoms with Crippen molar-refractivity contribution >= 4 is 33.4 Å². The molecule has 1 aliphatic rings. The van der Waals surface area contributed by atoms with E-state index in [0.29, 0.717) is 11.4 Å². The second kappa shape index (κ2) is 11.1. The maximum absolute atomic E-state index is 12.7. The molecule has 2 amide bonds. The zero-order valence-corrected chi connectivity index (χ0v) is 18.6. The normalized spacial score (nSPS) is 14.2. The van der Waals surface area contributed by atoms with Crippen LogP contribution in [0.1, 0.15) is 36.0 Å². The van der Waals surface area contributed by atoms with Crippen molar-refractivity contribution in [1.29, 1.82) is 0 Å². The maximum atomic E-state index is 12.7. The van der Waals surface area contributed by atoms with Crippen LogP contribution in [-0.2, 0) is 19.5 Å². The van der Waals surface area contributed by atoms with Gasteiger partial charge in [-0.25, -0.2) is 17.9 Å². The van der Waals surface area contributed by atoms with Gasteiger partial charge in [0.25, 0.3) is 5.91 Å². The summed E-state index contributed by atoms with van der Waals surface area (Å²) in [7, 11) is -2.20. The van der Waals surface area contributed by atoms with Crippen molar-refractivity contribution < 1.29 is 27.5 Å². The minimum atomic E-state index is -3.70. The molecule has 10 heteroatoms. The van der Waals surface area contributed by atoms with Gasteiger partial charge in [-0.15, -0.1) is 0 Å². The summed E-state index contributed by atoms with van der Waals surface area (Å²) in [5.41, 5.74) is 1.07. The summed E-state index contributed by atoms with van der Waals surface area (Å²) < 4.78 is 37.8. The number of anilines is 2. The molecule has 0 heterocycles. The Bertz CT molecular complexity index is 1050. The van der Waals surface area contributed by atoms with Crippen LogP contribution >= 0.6 is 0 Å². The molecule has 1 saturated carbocycles. The van der Waals surface area contributed by atoms with Crippen LogP contribution in [0.2, 0.25) is 0 Å². The molecule has 172 valence electrons. The lowest BCUT2D eigenvalue weighted by atomic mass is 10.2. The van der Waals surface area contributed by atoms with Crippen LogP contribution in [0.5, 0.6) is 0 Å². The number of carbonyl (C=O) groups is 2. The van der Waals surface area contributed by atoms with E-state index in [1.165, 1.54) is 25.3 Å². The van der Waals surface area contributed by atoms with E-state index in [-0.39, 0.29) is 29.7 Å². The van der Waals surface area contributed by atoms with Gasteiger partial charge in [-0.3, -0.25) is 10.1 Å². The van der Waals surface area contributed by atoms with Gasteiger partial charge in [0.2, 0.25) is 10.0 Å². The first-order valence-electron chi connectivity index (χ1n) is 10.3. The van der Waals surface area contributed by atoms with Crippen molar-refractivity contribution in [2.45, 2.75) is 36.6 Å². The minimum Gasteiger partial charge on any atom is -0.447 e. The Balaban J connectivity index is 1.64. The summed E-state index contributed by atoms with van der Waals surface area (Å²) in [4.78, 5) is 24.5. The van der Waals surface area contributed by atoms with Crippen molar-refractivity contribution in [3.63, 3.8) is 0 Å². The third kappa shape index (κ3) is 6.78. The SMILES string of the molecule is COCCOC(=O)Nc1cccc(NC(=O)c2cccc(S(=O)(=O)NC3CCCC3)c2)c1. The van der Waals surface area contributed by atoms with Crippen LogP contribution < -0.4 is 15.4 Å². The lowest BCUT2D eigenvalue weighted by molar-refractivity contribution is 0.102. The highest BCUT2D eigenvalue weighted by atomic mass is 32.2. The summed E-state index contributed by atoms with van der Waals surface area (Å²) in [5.74, 6) is -0.470. The number of nitrogens with one attached hydrogen (secondary N) is 3. The summed E-state index contributed by atoms with van der Waals surface area (Å²) >= 11 is 0. The molecule has 9 nitrogen and oxygen atoms in total. The standard InChI is InChI=1S/C22H27N3O6S/c1-30-12-13-31-22(27)24-19-10-5-9-18(15-19)23-21(26)16-6-4-11-20(14-16)32(28,29)25-17-7-2-3-8-17/h4-6,9-11,14-15,17,25H,2-3,7-8,12-13H2,1H3,(H,23,26)(H,24,27). The molecule has 0 bridgehead atoms. The number of ether oxygens (including phenoxy) is 2. The van der Waals surface area contributed by atoms with E-state index in [4.69, 9.17) is 9.47 Å². The number of carbonyl (C=O) groups excluding carboxylic acids is 2. The van der Waals surface area contributed by atoms with Crippen LogP contribution in [0.15, 0.2) is 53.4 Å². The van der Waals surface area contributed by atoms with E-state index in [1.54, 1.807) is 30.3 Å². The number of methoxy groups -OCH3 is 1. The van der Waals surface area contributed by atoms with Crippen LogP contribution in [-0.4, -0.2) is 46.8 Å². The molecule has 0 aliphatic heterocycles. The molecule has 0 saturated heterocycles. The number of sulfonamides is 1. The third-order valence-corrected chi connectivity index (χ3v) is 6.49. The van der Waals surface area contributed by atoms with Gasteiger partial charge < -0.3 is 14.8 Å². The van der Waals surface area contributed by atoms with Crippen molar-refractivity contribution in [1.82, 2.24) is 4.72 Å². The highest BCUT2D eigenvalue weighted by Crippen LogP contribution is 2.21. The van der Waals surface area contributed by atoms with Crippen molar-refractivity contribution in [2.75, 3.05) is 31.0 Å². The Morgan fingerprint density at radius 2 is 1.66 bits per heavy atom. The molecule has 32 heavy (non-hydrogen) atoms. The summed E-state index contributed by atoms with van der Waals surface area (Å²) in [6.45, 7) is 0.405. The first-order chi connectivity index (χ1) is 15.4. The molecule has 0 unspecified atom stereocenters. The van der Waals surface area contributed by atoms with Crippen LogP contribution in [0.4, 0.5) is 16.2 Å². The van der Waals surface area contributed by atoms with Gasteiger partial charge in [0.05, 0.1) is 11.5 Å². The zero-order chi connectivity index (χ0) is 23.0. The molecule has 1 aliphatic carbocycles. The molecule has 3 N–H and O–H groups in total. The lowest BCUT2D eigenvalue weighted by Crippen LogP contribution is -2.32. The number of benzene rings is 2. The maximum Gasteiger partial charge on any atom is 0.411 e. The van der Waals surface area contributed by atoms with Crippen LogP contribution in [0, 0.1) is 0 Å². The third-order valence-electron chi connectivity index (χ3n) is 4.97. The highest BCUT2D eigenvalue weighted by molar-refractivity contribution is 7.89. The monoisotopic (exact) mass is 461 g/mol. The molecule has 0 aromatic heterocycles. The second-order valence-corrected chi connectivity index (χ2v) is 9.13. The Labute approximate surface area is 187 Å². The van der Waals surface area contributed by atoms with E-state index >= 15 is 0 Å². The number of hydrogen-bond donors (Lipinski definition) is 3. The summed E-state index contributed by atoms with van der Waals surface area (Å²) in [6.07, 6.45) is 3.02. The van der Waals surface area contributed by atoms with E-state index in [0.717, 1.165) is 25.7 Å². The highest BCUT2D eigenvalue weighted by Gasteiger charge is 2.23. The van der Waals surface area contributed by atoms with Gasteiger partial charge in [0.15, 0.2) is 0 Å². The Kier molecular flexibility index (Phi) is 8.20. The van der Waals surface area contributed by atoms with Gasteiger partial charge in [0.1, 0.15) is 6.61 Å². The fourth-order valence-electron chi connectivity index (χ4n) is 3.39. The molecule has 2 aromatic rings. The topological polar surface area (TPSA) is 123 Å². The van der Waals surface area contributed by atoms with Gasteiger partial charge in [0, 0.05) is 30.1 Å². The van der Waals surface area contributed by atoms with Gasteiger partial charge in [-0.1, -0.05) is 25.0 Å². The van der Waals surface area contributed by atoms with Crippen molar-refractivity contribution in [2.24, 2.45) is 0 Å². The predicted molar refractivity (Wildman–Crippen MR) is 120 cm³/mol. The number of amides is 2. The molecule has 0 atom stereocenters. The Hall–Kier alpha value is -2.95. The number of hydrogen-bond acceptors (Lipinski definition) is 6. The molecule has 2 aromatic carbocycles. The quantitative estimate of drug-likeness (QED) is 0.492. The van der Waals surface area contributed by atoms with Gasteiger partial charge in [-0.2, -0.15) is 0 Å². The smallest absolute Gasteiger partial charge is 0.411 e. The first-order valence-corrected chi connectivity index (χ1v) is 11.8. The van der Waals surface area contributed by atoms with E-state index in [1.807, 2.05) is 0 Å². The van der Waals surface area contributed by atoms with Crippen LogP contribution in [0.3, 0.4) is 0 Å². The lowest BCUT2D eigenvalue weighted by Gasteiger charge is -2.13. The molecule has 0 spiro atoms. The van der Waals surface area contributed by atoms with Crippen molar-refractivity contribution in [3.8, 4) is 0 Å². The summed E-state index contributed by atoms with van der Waals surface area (Å²) in [5, 5.41) is 5.27. The predicted octanol–water partition coefficient (Wildman–Crippen LogP) is 3.35. The largest absolute Gasteiger partial charge is 0.447 e. The van der Waals surface area contributed by atoms with E-state index < -0.39 is 22.0 Å². The van der Waals surface area contributed by atoms with E-state index in [2.05, 4.69) is 15.4 Å². The summed E-state index contributed by atoms with van der Waals surface area (Å²) in [6, 6.07) is 12.4. The van der Waals surface area contributed by atoms with Crippen LogP contribution in [0.25, 0.3) is 0 Å². The molecule has 1 fully saturated rings. The Morgan fingerprint density at radius 3 is 2.38 bits per heavy atom. The van der Waals surface area contributed by atoms with Gasteiger partial charge in [-0.05, 0) is 49.2 Å². The molecular formula is C22H27N3O6S. The Morgan fingerprint density at radius 1 is 0.969 bits per heavy atom. The van der Waals surface area contributed by atoms with E-state index in [9.17, 15) is 18.0 Å². The zero-order valence-electron chi connectivity index (χ0n) is 17.8. The van der Waals surface area contributed by atoms with Crippen molar-refractivity contribution in [3.05, 3.63) is 54.1 Å². The number of rotatable bonds is 9. The molecular weight excluding hydrogens is 434 g/mol. The average molecular weight is 462 g/mol.